The molecule has 0 aliphatic carbocycles. The monoisotopic (exact) mass is 283 g/mol. The number of aliphatic hydroxyl groups is 2. The fourth-order valence-electron chi connectivity index (χ4n) is 2.93. The van der Waals surface area contributed by atoms with Gasteiger partial charge in [-0.3, -0.25) is 4.90 Å². The van der Waals surface area contributed by atoms with E-state index >= 15 is 0 Å². The molecule has 1 atom stereocenters. The number of hydrogen-bond acceptors (Lipinski definition) is 3. The van der Waals surface area contributed by atoms with Gasteiger partial charge >= 0.3 is 0 Å². The van der Waals surface area contributed by atoms with Gasteiger partial charge in [-0.15, -0.1) is 0 Å². The van der Waals surface area contributed by atoms with Gasteiger partial charge in [-0.1, -0.05) is 48.5 Å². The van der Waals surface area contributed by atoms with Crippen molar-refractivity contribution in [2.24, 2.45) is 0 Å². The van der Waals surface area contributed by atoms with Crippen molar-refractivity contribution in [1.82, 2.24) is 4.90 Å². The van der Waals surface area contributed by atoms with Crippen molar-refractivity contribution in [2.75, 3.05) is 6.54 Å². The molecule has 2 aromatic carbocycles. The summed E-state index contributed by atoms with van der Waals surface area (Å²) in [5, 5.41) is 19.3. The van der Waals surface area contributed by atoms with Crippen LogP contribution in [0.1, 0.15) is 34.8 Å². The van der Waals surface area contributed by atoms with Crippen LogP contribution in [0.5, 0.6) is 0 Å². The average Bonchev–Trinajstić information content (AvgIpc) is 2.68. The molecule has 3 rings (SSSR count). The van der Waals surface area contributed by atoms with E-state index in [0.29, 0.717) is 0 Å². The van der Waals surface area contributed by atoms with Gasteiger partial charge in [-0.25, -0.2) is 0 Å². The van der Waals surface area contributed by atoms with E-state index < -0.39 is 0 Å². The lowest BCUT2D eigenvalue weighted by atomic mass is 10.0. The highest BCUT2D eigenvalue weighted by Crippen LogP contribution is 2.27. The van der Waals surface area contributed by atoms with Crippen LogP contribution in [0, 0.1) is 0 Å². The Bertz CT molecular complexity index is 594. The van der Waals surface area contributed by atoms with E-state index in [4.69, 9.17) is 5.11 Å². The number of rotatable bonds is 3. The summed E-state index contributed by atoms with van der Waals surface area (Å²) in [7, 11) is 0. The van der Waals surface area contributed by atoms with Gasteiger partial charge in [-0.05, 0) is 28.7 Å². The van der Waals surface area contributed by atoms with Gasteiger partial charge < -0.3 is 10.2 Å². The minimum absolute atomic E-state index is 0.0869. The predicted molar refractivity (Wildman–Crippen MR) is 82.5 cm³/mol. The molecule has 0 bridgehead atoms. The van der Waals surface area contributed by atoms with Gasteiger partial charge in [0.25, 0.3) is 0 Å². The lowest BCUT2D eigenvalue weighted by Crippen LogP contribution is -2.22. The summed E-state index contributed by atoms with van der Waals surface area (Å²) in [4.78, 5) is 2.36. The van der Waals surface area contributed by atoms with E-state index in [-0.39, 0.29) is 12.7 Å². The number of aliphatic hydroxyl groups excluding tert-OH is 2. The van der Waals surface area contributed by atoms with Crippen LogP contribution >= 0.6 is 0 Å². The first-order chi connectivity index (χ1) is 10.3. The van der Waals surface area contributed by atoms with Gasteiger partial charge in [0, 0.05) is 19.6 Å². The summed E-state index contributed by atoms with van der Waals surface area (Å²) >= 11 is 0. The Morgan fingerprint density at radius 3 is 2.48 bits per heavy atom. The average molecular weight is 283 g/mol. The first kappa shape index (κ1) is 14.3. The molecule has 1 aliphatic heterocycles. The minimum Gasteiger partial charge on any atom is -0.392 e. The second-order valence-corrected chi connectivity index (χ2v) is 5.69. The third-order valence-corrected chi connectivity index (χ3v) is 4.14. The number of benzene rings is 2. The van der Waals surface area contributed by atoms with E-state index in [1.807, 2.05) is 30.3 Å². The summed E-state index contributed by atoms with van der Waals surface area (Å²) in [6.07, 6.45) is 0.411. The van der Waals surface area contributed by atoms with Crippen molar-refractivity contribution >= 4 is 0 Å². The van der Waals surface area contributed by atoms with Crippen LogP contribution in [0.3, 0.4) is 0 Å². The Kier molecular flexibility index (Phi) is 4.34. The lowest BCUT2D eigenvalue weighted by molar-refractivity contribution is 0.149. The second-order valence-electron chi connectivity index (χ2n) is 5.69. The highest BCUT2D eigenvalue weighted by molar-refractivity contribution is 5.30. The molecule has 1 heterocycles. The molecule has 0 saturated carbocycles. The maximum absolute atomic E-state index is 10.2. The molecule has 1 unspecified atom stereocenters. The molecule has 110 valence electrons. The van der Waals surface area contributed by atoms with E-state index in [9.17, 15) is 5.11 Å². The Morgan fingerprint density at radius 1 is 1.00 bits per heavy atom. The molecule has 0 saturated heterocycles. The Hall–Kier alpha value is -1.68. The largest absolute Gasteiger partial charge is 0.392 e. The maximum Gasteiger partial charge on any atom is 0.0805 e. The molecule has 3 nitrogen and oxygen atoms in total. The number of nitrogens with zero attached hydrogens (tertiary/aromatic N) is 1. The fourth-order valence-corrected chi connectivity index (χ4v) is 2.93. The van der Waals surface area contributed by atoms with Crippen molar-refractivity contribution in [3.05, 3.63) is 70.8 Å². The van der Waals surface area contributed by atoms with Gasteiger partial charge in [0.1, 0.15) is 0 Å². The molecule has 2 N–H and O–H groups in total. The molecular formula is C18H21NO2. The van der Waals surface area contributed by atoms with Crippen LogP contribution in [0.4, 0.5) is 0 Å². The zero-order valence-corrected chi connectivity index (χ0v) is 12.1. The van der Waals surface area contributed by atoms with Gasteiger partial charge in [0.15, 0.2) is 0 Å². The normalized spacial score (nSPS) is 19.0. The number of hydrogen-bond donors (Lipinski definition) is 2. The summed E-state index contributed by atoms with van der Waals surface area (Å²) in [5.41, 5.74) is 4.46. The Morgan fingerprint density at radius 2 is 1.71 bits per heavy atom. The van der Waals surface area contributed by atoms with Crippen LogP contribution in [-0.2, 0) is 19.7 Å². The van der Waals surface area contributed by atoms with E-state index in [2.05, 4.69) is 23.1 Å². The summed E-state index contributed by atoms with van der Waals surface area (Å²) in [6.45, 7) is 2.71. The van der Waals surface area contributed by atoms with E-state index in [0.717, 1.165) is 37.2 Å². The molecule has 0 spiro atoms. The molecule has 0 amide bonds. The smallest absolute Gasteiger partial charge is 0.0805 e. The van der Waals surface area contributed by atoms with Crippen molar-refractivity contribution in [3.8, 4) is 0 Å². The van der Waals surface area contributed by atoms with Gasteiger partial charge in [0.05, 0.1) is 12.7 Å². The summed E-state index contributed by atoms with van der Waals surface area (Å²) < 4.78 is 0. The Labute approximate surface area is 125 Å². The SMILES string of the molecule is OCc1ccc(CN2CCC(O)c3ccccc3C2)cc1. The zero-order valence-electron chi connectivity index (χ0n) is 12.1. The number of fused-ring (bicyclic) bond motifs is 1. The molecule has 21 heavy (non-hydrogen) atoms. The molecule has 2 aromatic rings. The van der Waals surface area contributed by atoms with Gasteiger partial charge in [0.2, 0.25) is 0 Å². The fraction of sp³-hybridized carbons (Fsp3) is 0.333. The first-order valence-electron chi connectivity index (χ1n) is 7.43. The molecule has 1 aliphatic rings. The van der Waals surface area contributed by atoms with E-state index in [1.54, 1.807) is 0 Å². The summed E-state index contributed by atoms with van der Waals surface area (Å²) in [5.74, 6) is 0. The highest BCUT2D eigenvalue weighted by atomic mass is 16.3. The second kappa shape index (κ2) is 6.39. The Balaban J connectivity index is 1.74. The first-order valence-corrected chi connectivity index (χ1v) is 7.43. The van der Waals surface area contributed by atoms with Crippen LogP contribution in [0.15, 0.2) is 48.5 Å². The third kappa shape index (κ3) is 3.32. The maximum atomic E-state index is 10.2. The molecule has 0 aromatic heterocycles. The van der Waals surface area contributed by atoms with Crippen LogP contribution in [-0.4, -0.2) is 21.7 Å². The van der Waals surface area contributed by atoms with Crippen LogP contribution < -0.4 is 0 Å². The highest BCUT2D eigenvalue weighted by Gasteiger charge is 2.20. The lowest BCUT2D eigenvalue weighted by Gasteiger charge is -2.20. The molecular weight excluding hydrogens is 262 g/mol. The zero-order chi connectivity index (χ0) is 14.7. The van der Waals surface area contributed by atoms with Crippen LogP contribution in [0.25, 0.3) is 0 Å². The van der Waals surface area contributed by atoms with Crippen molar-refractivity contribution in [3.63, 3.8) is 0 Å². The molecule has 0 radical (unpaired) electrons. The molecule has 0 fully saturated rings. The predicted octanol–water partition coefficient (Wildman–Crippen LogP) is 2.62. The third-order valence-electron chi connectivity index (χ3n) is 4.14. The molecule has 3 heteroatoms. The summed E-state index contributed by atoms with van der Waals surface area (Å²) in [6, 6.07) is 16.2. The van der Waals surface area contributed by atoms with Crippen LogP contribution in [0.2, 0.25) is 0 Å². The quantitative estimate of drug-likeness (QED) is 0.910. The standard InChI is InChI=1S/C18H21NO2/c20-13-15-7-5-14(6-8-15)11-19-10-9-18(21)17-4-2-1-3-16(17)12-19/h1-8,18,20-21H,9-13H2. The minimum atomic E-state index is -0.358. The van der Waals surface area contributed by atoms with Crippen molar-refractivity contribution < 1.29 is 10.2 Å². The van der Waals surface area contributed by atoms with Crippen molar-refractivity contribution in [2.45, 2.75) is 32.2 Å². The van der Waals surface area contributed by atoms with E-state index in [1.165, 1.54) is 11.1 Å². The topological polar surface area (TPSA) is 43.7 Å². The van der Waals surface area contributed by atoms with Gasteiger partial charge in [-0.2, -0.15) is 0 Å². The van der Waals surface area contributed by atoms with Crippen molar-refractivity contribution in [1.29, 1.82) is 0 Å².